The highest BCUT2D eigenvalue weighted by Crippen LogP contribution is 2.38. The van der Waals surface area contributed by atoms with Crippen molar-refractivity contribution in [3.63, 3.8) is 0 Å². The van der Waals surface area contributed by atoms with Crippen LogP contribution in [0, 0.1) is 22.7 Å². The summed E-state index contributed by atoms with van der Waals surface area (Å²) in [6, 6.07) is 9.14. The fraction of sp³-hybridized carbons (Fsp3) is 0.389. The zero-order chi connectivity index (χ0) is 15.6. The van der Waals surface area contributed by atoms with Crippen LogP contribution in [0.2, 0.25) is 0 Å². The molecule has 0 N–H and O–H groups in total. The van der Waals surface area contributed by atoms with E-state index in [1.807, 2.05) is 18.2 Å². The van der Waals surface area contributed by atoms with Crippen LogP contribution in [0.15, 0.2) is 30.3 Å². The number of carbonyl (C=O) groups is 2. The van der Waals surface area contributed by atoms with Crippen LogP contribution in [0.4, 0.5) is 0 Å². The third-order valence-corrected chi connectivity index (χ3v) is 3.78. The molecule has 0 saturated heterocycles. The SMILES string of the molecule is CC(C#N)C(=O)c1ccc(C2=CC(=O)CC(C)(C)C2)cc1. The van der Waals surface area contributed by atoms with Crippen LogP contribution in [-0.4, -0.2) is 11.6 Å². The normalized spacial score (nSPS) is 18.6. The van der Waals surface area contributed by atoms with Gasteiger partial charge in [0.25, 0.3) is 0 Å². The Hall–Kier alpha value is -2.21. The van der Waals surface area contributed by atoms with E-state index in [9.17, 15) is 9.59 Å². The van der Waals surface area contributed by atoms with Gasteiger partial charge in [0.2, 0.25) is 0 Å². The number of Topliss-reactive ketones (excluding diaryl/α,β-unsaturated/α-hetero) is 1. The molecule has 1 unspecified atom stereocenters. The number of rotatable bonds is 3. The van der Waals surface area contributed by atoms with Gasteiger partial charge >= 0.3 is 0 Å². The van der Waals surface area contributed by atoms with Crippen molar-refractivity contribution in [1.29, 1.82) is 5.26 Å². The van der Waals surface area contributed by atoms with Crippen molar-refractivity contribution in [2.45, 2.75) is 33.6 Å². The van der Waals surface area contributed by atoms with Crippen molar-refractivity contribution in [1.82, 2.24) is 0 Å². The number of nitrogens with zero attached hydrogens (tertiary/aromatic N) is 1. The smallest absolute Gasteiger partial charge is 0.179 e. The molecule has 0 saturated carbocycles. The van der Waals surface area contributed by atoms with Crippen molar-refractivity contribution >= 4 is 17.1 Å². The van der Waals surface area contributed by atoms with Gasteiger partial charge in [-0.15, -0.1) is 0 Å². The van der Waals surface area contributed by atoms with Crippen molar-refractivity contribution in [2.24, 2.45) is 11.3 Å². The van der Waals surface area contributed by atoms with Gasteiger partial charge in [-0.05, 0) is 36.0 Å². The Labute approximate surface area is 125 Å². The van der Waals surface area contributed by atoms with Gasteiger partial charge in [-0.1, -0.05) is 38.1 Å². The van der Waals surface area contributed by atoms with E-state index in [4.69, 9.17) is 5.26 Å². The van der Waals surface area contributed by atoms with Gasteiger partial charge in [0, 0.05) is 12.0 Å². The van der Waals surface area contributed by atoms with E-state index in [1.54, 1.807) is 25.1 Å². The monoisotopic (exact) mass is 281 g/mol. The Bertz CT molecular complexity index is 645. The molecule has 0 heterocycles. The van der Waals surface area contributed by atoms with Crippen LogP contribution < -0.4 is 0 Å². The molecule has 1 atom stereocenters. The van der Waals surface area contributed by atoms with Crippen molar-refractivity contribution in [3.05, 3.63) is 41.5 Å². The third kappa shape index (κ3) is 3.46. The highest BCUT2D eigenvalue weighted by atomic mass is 16.1. The number of hydrogen-bond acceptors (Lipinski definition) is 3. The summed E-state index contributed by atoms with van der Waals surface area (Å²) in [5, 5.41) is 8.79. The molecule has 0 spiro atoms. The molecule has 0 aromatic heterocycles. The van der Waals surface area contributed by atoms with Gasteiger partial charge in [0.05, 0.1) is 6.07 Å². The minimum Gasteiger partial charge on any atom is -0.295 e. The second-order valence-electron chi connectivity index (χ2n) is 6.45. The lowest BCUT2D eigenvalue weighted by Crippen LogP contribution is -2.21. The summed E-state index contributed by atoms with van der Waals surface area (Å²) >= 11 is 0. The topological polar surface area (TPSA) is 57.9 Å². The molecule has 1 aliphatic carbocycles. The molecule has 2 rings (SSSR count). The lowest BCUT2D eigenvalue weighted by molar-refractivity contribution is -0.116. The van der Waals surface area contributed by atoms with Gasteiger partial charge in [0.15, 0.2) is 11.6 Å². The first-order valence-electron chi connectivity index (χ1n) is 7.10. The second-order valence-corrected chi connectivity index (χ2v) is 6.45. The molecule has 0 amide bonds. The van der Waals surface area contributed by atoms with E-state index in [1.165, 1.54) is 0 Å². The maximum absolute atomic E-state index is 11.9. The van der Waals surface area contributed by atoms with Crippen LogP contribution >= 0.6 is 0 Å². The summed E-state index contributed by atoms with van der Waals surface area (Å²) in [6.07, 6.45) is 3.13. The maximum atomic E-state index is 11.9. The first kappa shape index (κ1) is 15.2. The van der Waals surface area contributed by atoms with Gasteiger partial charge < -0.3 is 0 Å². The number of carbonyl (C=O) groups excluding carboxylic acids is 2. The largest absolute Gasteiger partial charge is 0.295 e. The molecule has 21 heavy (non-hydrogen) atoms. The maximum Gasteiger partial charge on any atom is 0.179 e. The first-order chi connectivity index (χ1) is 9.82. The lowest BCUT2D eigenvalue weighted by Gasteiger charge is -2.29. The molecule has 0 fully saturated rings. The number of ketones is 2. The second kappa shape index (κ2) is 5.65. The molecule has 0 aliphatic heterocycles. The van der Waals surface area contributed by atoms with Gasteiger partial charge in [-0.25, -0.2) is 0 Å². The fourth-order valence-corrected chi connectivity index (χ4v) is 2.69. The quantitative estimate of drug-likeness (QED) is 0.792. The van der Waals surface area contributed by atoms with E-state index < -0.39 is 5.92 Å². The van der Waals surface area contributed by atoms with E-state index in [-0.39, 0.29) is 17.0 Å². The Kier molecular flexibility index (Phi) is 4.09. The molecule has 1 aromatic carbocycles. The van der Waals surface area contributed by atoms with E-state index in [2.05, 4.69) is 13.8 Å². The van der Waals surface area contributed by atoms with Gasteiger partial charge in [0.1, 0.15) is 5.92 Å². The van der Waals surface area contributed by atoms with E-state index in [0.717, 1.165) is 17.6 Å². The summed E-state index contributed by atoms with van der Waals surface area (Å²) < 4.78 is 0. The molecular formula is C18H19NO2. The summed E-state index contributed by atoms with van der Waals surface area (Å²) in [5.74, 6) is -0.650. The number of allylic oxidation sites excluding steroid dienone is 2. The summed E-state index contributed by atoms with van der Waals surface area (Å²) in [5.41, 5.74) is 2.50. The van der Waals surface area contributed by atoms with Crippen molar-refractivity contribution in [3.8, 4) is 6.07 Å². The lowest BCUT2D eigenvalue weighted by atomic mass is 9.75. The van der Waals surface area contributed by atoms with Gasteiger partial charge in [-0.3, -0.25) is 9.59 Å². The van der Waals surface area contributed by atoms with E-state index >= 15 is 0 Å². The Morgan fingerprint density at radius 2 is 1.86 bits per heavy atom. The molecule has 3 heteroatoms. The highest BCUT2D eigenvalue weighted by molar-refractivity contribution is 6.01. The highest BCUT2D eigenvalue weighted by Gasteiger charge is 2.28. The molecule has 3 nitrogen and oxygen atoms in total. The van der Waals surface area contributed by atoms with Crippen LogP contribution in [0.1, 0.15) is 49.5 Å². The van der Waals surface area contributed by atoms with Crippen LogP contribution in [0.25, 0.3) is 5.57 Å². The van der Waals surface area contributed by atoms with Crippen LogP contribution in [0.5, 0.6) is 0 Å². The molecule has 0 bridgehead atoms. The predicted octanol–water partition coefficient (Wildman–Crippen LogP) is 3.80. The molecule has 108 valence electrons. The first-order valence-corrected chi connectivity index (χ1v) is 7.10. The number of hydrogen-bond donors (Lipinski definition) is 0. The number of benzene rings is 1. The molecule has 0 radical (unpaired) electrons. The summed E-state index contributed by atoms with van der Waals surface area (Å²) in [6.45, 7) is 5.77. The van der Waals surface area contributed by atoms with E-state index in [0.29, 0.717) is 12.0 Å². The predicted molar refractivity (Wildman–Crippen MR) is 81.5 cm³/mol. The minimum absolute atomic E-state index is 0.0228. The van der Waals surface area contributed by atoms with Crippen LogP contribution in [0.3, 0.4) is 0 Å². The van der Waals surface area contributed by atoms with Gasteiger partial charge in [-0.2, -0.15) is 5.26 Å². The Morgan fingerprint density at radius 1 is 1.24 bits per heavy atom. The summed E-state index contributed by atoms with van der Waals surface area (Å²) in [7, 11) is 0. The van der Waals surface area contributed by atoms with Crippen molar-refractivity contribution < 1.29 is 9.59 Å². The fourth-order valence-electron chi connectivity index (χ4n) is 2.69. The number of nitriles is 1. The van der Waals surface area contributed by atoms with Crippen molar-refractivity contribution in [2.75, 3.05) is 0 Å². The third-order valence-electron chi connectivity index (χ3n) is 3.78. The summed E-state index contributed by atoms with van der Waals surface area (Å²) in [4.78, 5) is 23.7. The molecular weight excluding hydrogens is 262 g/mol. The zero-order valence-electron chi connectivity index (χ0n) is 12.6. The Balaban J connectivity index is 2.26. The van der Waals surface area contributed by atoms with Crippen LogP contribution in [-0.2, 0) is 4.79 Å². The molecule has 1 aromatic rings. The average molecular weight is 281 g/mol. The molecule has 1 aliphatic rings. The average Bonchev–Trinajstić information content (AvgIpc) is 2.43. The zero-order valence-corrected chi connectivity index (χ0v) is 12.6. The standard InChI is InChI=1S/C18H19NO2/c1-12(11-19)17(21)14-6-4-13(5-7-14)15-8-16(20)10-18(2,3)9-15/h4-8,12H,9-10H2,1-3H3. The Morgan fingerprint density at radius 3 is 2.38 bits per heavy atom. The minimum atomic E-state index is -0.634.